The number of anilines is 3. The summed E-state index contributed by atoms with van der Waals surface area (Å²) < 4.78 is 12.2. The lowest BCUT2D eigenvalue weighted by molar-refractivity contribution is -0.123. The summed E-state index contributed by atoms with van der Waals surface area (Å²) in [5.74, 6) is -1.87. The highest BCUT2D eigenvalue weighted by molar-refractivity contribution is 14.1. The van der Waals surface area contributed by atoms with Crippen molar-refractivity contribution in [1.82, 2.24) is 0 Å². The molecule has 0 radical (unpaired) electrons. The third-order valence-electron chi connectivity index (χ3n) is 9.92. The fourth-order valence-corrected chi connectivity index (χ4v) is 7.94. The molecular formula is C42H43IN2O7. The van der Waals surface area contributed by atoms with Crippen LogP contribution < -0.4 is 19.7 Å². The Morgan fingerprint density at radius 2 is 1.65 bits per heavy atom. The molecular weight excluding hydrogens is 771 g/mol. The number of aromatic hydroxyl groups is 1. The van der Waals surface area contributed by atoms with Gasteiger partial charge in [-0.2, -0.15) is 0 Å². The van der Waals surface area contributed by atoms with Gasteiger partial charge in [0.05, 0.1) is 40.9 Å². The zero-order chi connectivity index (χ0) is 36.8. The number of carbonyl (C=O) groups is 2. The molecule has 4 N–H and O–H groups in total. The van der Waals surface area contributed by atoms with Crippen LogP contribution in [0.15, 0.2) is 114 Å². The van der Waals surface area contributed by atoms with E-state index in [9.17, 15) is 24.9 Å². The first-order valence-electron chi connectivity index (χ1n) is 17.5. The average molecular weight is 815 g/mol. The summed E-state index contributed by atoms with van der Waals surface area (Å²) in [5, 5.41) is 36.4. The van der Waals surface area contributed by atoms with Gasteiger partial charge in [0, 0.05) is 17.3 Å². The zero-order valence-electron chi connectivity index (χ0n) is 29.2. The summed E-state index contributed by atoms with van der Waals surface area (Å²) in [6.45, 7) is 1.75. The van der Waals surface area contributed by atoms with E-state index < -0.39 is 30.5 Å². The molecule has 4 atom stereocenters. The molecule has 0 spiro atoms. The van der Waals surface area contributed by atoms with Crippen LogP contribution in [0.25, 0.3) is 6.08 Å². The van der Waals surface area contributed by atoms with Gasteiger partial charge in [0.15, 0.2) is 11.5 Å². The Kier molecular flexibility index (Phi) is 12.0. The van der Waals surface area contributed by atoms with E-state index in [4.69, 9.17) is 9.47 Å². The Bertz CT molecular complexity index is 1950. The summed E-state index contributed by atoms with van der Waals surface area (Å²) >= 11 is 2.07. The lowest BCUT2D eigenvalue weighted by atomic mass is 9.68. The number of benzene rings is 4. The van der Waals surface area contributed by atoms with Crippen molar-refractivity contribution in [3.05, 3.63) is 123 Å². The third kappa shape index (κ3) is 8.04. The molecule has 1 heterocycles. The monoisotopic (exact) mass is 814 g/mol. The summed E-state index contributed by atoms with van der Waals surface area (Å²) in [6, 6.07) is 29.8. The number of imide groups is 1. The molecule has 1 aliphatic heterocycles. The normalized spacial score (nSPS) is 19.4. The second-order valence-corrected chi connectivity index (χ2v) is 14.3. The fourth-order valence-electron chi connectivity index (χ4n) is 7.31. The van der Waals surface area contributed by atoms with Gasteiger partial charge in [-0.05, 0) is 126 Å². The van der Waals surface area contributed by atoms with Gasteiger partial charge in [0.25, 0.3) is 0 Å². The highest BCUT2D eigenvalue weighted by atomic mass is 127. The van der Waals surface area contributed by atoms with E-state index in [1.54, 1.807) is 18.2 Å². The number of amides is 2. The first-order valence-corrected chi connectivity index (χ1v) is 18.5. The summed E-state index contributed by atoms with van der Waals surface area (Å²) in [7, 11) is 1.51. The molecule has 4 aromatic rings. The van der Waals surface area contributed by atoms with Gasteiger partial charge in [-0.1, -0.05) is 55.0 Å². The number of methoxy groups -OCH3 is 1. The van der Waals surface area contributed by atoms with Gasteiger partial charge in [-0.25, -0.2) is 0 Å². The molecule has 9 nitrogen and oxygen atoms in total. The second kappa shape index (κ2) is 16.8. The number of halogens is 1. The highest BCUT2D eigenvalue weighted by Crippen LogP contribution is 2.47. The molecule has 10 heteroatoms. The molecule has 0 bridgehead atoms. The van der Waals surface area contributed by atoms with Crippen molar-refractivity contribution < 1.29 is 34.4 Å². The van der Waals surface area contributed by atoms with Crippen LogP contribution in [0, 0.1) is 21.3 Å². The van der Waals surface area contributed by atoms with Crippen molar-refractivity contribution in [1.29, 1.82) is 0 Å². The summed E-state index contributed by atoms with van der Waals surface area (Å²) in [5.41, 5.74) is 5.43. The Morgan fingerprint density at radius 3 is 2.31 bits per heavy atom. The second-order valence-electron chi connectivity index (χ2n) is 13.1. The van der Waals surface area contributed by atoms with Crippen molar-refractivity contribution in [2.75, 3.05) is 30.5 Å². The molecule has 2 aliphatic rings. The molecule has 1 fully saturated rings. The molecule has 52 heavy (non-hydrogen) atoms. The van der Waals surface area contributed by atoms with Crippen LogP contribution in [0.3, 0.4) is 0 Å². The highest BCUT2D eigenvalue weighted by Gasteiger charge is 2.55. The van der Waals surface area contributed by atoms with Gasteiger partial charge in [-0.15, -0.1) is 0 Å². The van der Waals surface area contributed by atoms with Crippen molar-refractivity contribution in [3.8, 4) is 17.2 Å². The van der Waals surface area contributed by atoms with Gasteiger partial charge in [-0.3, -0.25) is 14.5 Å². The number of nitrogens with one attached hydrogen (secondary N) is 1. The fraction of sp³-hybridized carbons (Fsp3) is 0.286. The first kappa shape index (κ1) is 37.1. The maximum absolute atomic E-state index is 14.2. The maximum atomic E-state index is 14.2. The number of hydrogen-bond acceptors (Lipinski definition) is 8. The molecule has 1 saturated heterocycles. The molecule has 0 aromatic heterocycles. The average Bonchev–Trinajstić information content (AvgIpc) is 3.42. The molecule has 1 aliphatic carbocycles. The quantitative estimate of drug-likeness (QED) is 0.0576. The molecule has 2 amide bonds. The molecule has 0 saturated carbocycles. The number of phenols is 1. The number of allylic oxidation sites excluding steroid dienone is 1. The van der Waals surface area contributed by atoms with Crippen molar-refractivity contribution in [2.45, 2.75) is 38.7 Å². The molecule has 0 unspecified atom stereocenters. The van der Waals surface area contributed by atoms with E-state index in [0.717, 1.165) is 34.5 Å². The van der Waals surface area contributed by atoms with Gasteiger partial charge in [0.2, 0.25) is 11.8 Å². The largest absolute Gasteiger partial charge is 0.504 e. The van der Waals surface area contributed by atoms with Gasteiger partial charge >= 0.3 is 0 Å². The van der Waals surface area contributed by atoms with Crippen LogP contribution in [0.4, 0.5) is 17.1 Å². The lowest BCUT2D eigenvalue weighted by Crippen LogP contribution is -2.40. The Balaban J connectivity index is 1.26. The van der Waals surface area contributed by atoms with Crippen LogP contribution in [0.1, 0.15) is 38.2 Å². The van der Waals surface area contributed by atoms with E-state index >= 15 is 0 Å². The number of hydrogen-bond donors (Lipinski definition) is 4. The van der Waals surface area contributed by atoms with Crippen molar-refractivity contribution in [2.24, 2.45) is 17.8 Å². The number of aliphatic hydroxyl groups is 2. The molecule has 6 rings (SSSR count). The minimum atomic E-state index is -0.989. The van der Waals surface area contributed by atoms with E-state index in [1.165, 1.54) is 12.0 Å². The predicted octanol–water partition coefficient (Wildman–Crippen LogP) is 7.88. The van der Waals surface area contributed by atoms with Crippen LogP contribution in [-0.4, -0.2) is 53.6 Å². The van der Waals surface area contributed by atoms with Crippen molar-refractivity contribution >= 4 is 57.5 Å². The van der Waals surface area contributed by atoms with E-state index in [-0.39, 0.29) is 30.6 Å². The minimum absolute atomic E-state index is 0.0899. The van der Waals surface area contributed by atoms with E-state index in [1.807, 2.05) is 91.9 Å². The number of ether oxygens (including phenoxy) is 2. The number of fused-ring (bicyclic) bond motifs is 1. The summed E-state index contributed by atoms with van der Waals surface area (Å²) in [4.78, 5) is 29.5. The van der Waals surface area contributed by atoms with Gasteiger partial charge in [0.1, 0.15) is 12.4 Å². The van der Waals surface area contributed by atoms with Crippen molar-refractivity contribution in [3.63, 3.8) is 0 Å². The lowest BCUT2D eigenvalue weighted by Gasteiger charge is -2.36. The van der Waals surface area contributed by atoms with Crippen LogP contribution >= 0.6 is 22.6 Å². The smallest absolute Gasteiger partial charge is 0.238 e. The Morgan fingerprint density at radius 1 is 0.981 bits per heavy atom. The number of nitrogens with zero attached hydrogens (tertiary/aromatic N) is 1. The van der Waals surface area contributed by atoms with E-state index in [0.29, 0.717) is 39.2 Å². The topological polar surface area (TPSA) is 129 Å². The first-order chi connectivity index (χ1) is 25.2. The number of phenolic OH excluding ortho intramolecular Hbond substituents is 1. The number of carbonyl (C=O) groups excluding carboxylic acids is 2. The Hall–Kier alpha value is -4.65. The third-order valence-corrected chi connectivity index (χ3v) is 10.7. The maximum Gasteiger partial charge on any atom is 0.238 e. The van der Waals surface area contributed by atoms with Gasteiger partial charge < -0.3 is 30.1 Å². The number of para-hydroxylation sites is 2. The molecule has 4 aromatic carbocycles. The molecule has 270 valence electrons. The van der Waals surface area contributed by atoms with Crippen LogP contribution in [0.5, 0.6) is 17.2 Å². The summed E-state index contributed by atoms with van der Waals surface area (Å²) in [6.07, 6.45) is 2.89. The predicted molar refractivity (Wildman–Crippen MR) is 211 cm³/mol. The number of rotatable bonds is 14. The van der Waals surface area contributed by atoms with Crippen LogP contribution in [0.2, 0.25) is 0 Å². The minimum Gasteiger partial charge on any atom is -0.504 e. The van der Waals surface area contributed by atoms with E-state index in [2.05, 4.69) is 27.9 Å². The zero-order valence-corrected chi connectivity index (χ0v) is 31.3. The SMILES string of the molecule is CC/C(=C\c1cc(I)c(O)c(OC)c1)CC[C@@H](O)C1=C(COc2ccccc2)C[C@H]2C(=O)N(c3ccc(Nc4ccccc4)cc3)C(=O)[C@H]2[C@H]1CO. The standard InChI is InChI=1S/C42H43IN2O7/c1-3-26(20-27-21-35(43)40(48)37(22-27)51-2)14-19-36(47)38-28(25-52-32-12-8-5-9-13-32)23-33-39(34(38)24-46)42(50)45(41(33)49)31-17-15-30(16-18-31)44-29-10-6-4-7-11-29/h4-13,15-18,20-22,33-34,36,39,44,46-48H,3,14,19,23-25H2,1-2H3/b26-20+/t33-,34+,36-,39-/m1/s1. The number of aliphatic hydroxyl groups excluding tert-OH is 2. The Labute approximate surface area is 317 Å². The van der Waals surface area contributed by atoms with Crippen LogP contribution in [-0.2, 0) is 9.59 Å².